The van der Waals surface area contributed by atoms with Crippen LogP contribution in [0.2, 0.25) is 5.02 Å². The van der Waals surface area contributed by atoms with Crippen molar-refractivity contribution in [1.82, 2.24) is 20.4 Å². The lowest BCUT2D eigenvalue weighted by Crippen LogP contribution is -2.42. The summed E-state index contributed by atoms with van der Waals surface area (Å²) in [6, 6.07) is 7.70. The Labute approximate surface area is 173 Å². The highest BCUT2D eigenvalue weighted by Gasteiger charge is 2.13. The van der Waals surface area contributed by atoms with Gasteiger partial charge in [0, 0.05) is 38.8 Å². The van der Waals surface area contributed by atoms with E-state index in [-0.39, 0.29) is 18.5 Å². The Morgan fingerprint density at radius 3 is 2.71 bits per heavy atom. The minimum atomic E-state index is -0.0418. The van der Waals surface area contributed by atoms with E-state index in [0.717, 1.165) is 51.4 Å². The summed E-state index contributed by atoms with van der Waals surface area (Å²) in [5.74, 6) is 0.574. The normalized spacial score (nSPS) is 16.5. The Kier molecular flexibility index (Phi) is 9.54. The zero-order chi connectivity index (χ0) is 20.4. The summed E-state index contributed by atoms with van der Waals surface area (Å²) in [6.07, 6.45) is 0.989. The molecule has 1 amide bonds. The van der Waals surface area contributed by atoms with Gasteiger partial charge in [0.2, 0.25) is 5.91 Å². The van der Waals surface area contributed by atoms with Gasteiger partial charge in [-0.05, 0) is 31.5 Å². The van der Waals surface area contributed by atoms with Gasteiger partial charge in [-0.2, -0.15) is 0 Å². The van der Waals surface area contributed by atoms with E-state index in [1.165, 1.54) is 4.90 Å². The maximum atomic E-state index is 11.9. The van der Waals surface area contributed by atoms with E-state index in [9.17, 15) is 4.79 Å². The maximum Gasteiger partial charge on any atom is 0.243 e. The molecule has 156 valence electrons. The molecule has 1 fully saturated rings. The molecule has 8 heteroatoms. The fourth-order valence-electron chi connectivity index (χ4n) is 2.88. The number of aliphatic imine (C=N–C) groups is 1. The average Bonchev–Trinajstić information content (AvgIpc) is 2.69. The topological polar surface area (TPSA) is 69.2 Å². The number of hydrogen-bond acceptors (Lipinski definition) is 4. The van der Waals surface area contributed by atoms with E-state index in [2.05, 4.69) is 20.5 Å². The van der Waals surface area contributed by atoms with Crippen molar-refractivity contribution < 1.29 is 9.53 Å². The Bertz CT molecular complexity index is 647. The van der Waals surface area contributed by atoms with Gasteiger partial charge in [0.15, 0.2) is 5.96 Å². The standard InChI is InChI=1S/C20H32ClN5O2/c1-16(17-7-4-5-8-18(17)21)24-20(23-15-19(27)25(2)3)22-9-6-10-26-11-13-28-14-12-26/h4-5,7-8,16H,6,9-15H2,1-3H3,(H2,22,23,24). The lowest BCUT2D eigenvalue weighted by atomic mass is 10.1. The molecule has 1 aromatic rings. The van der Waals surface area contributed by atoms with Gasteiger partial charge in [-0.15, -0.1) is 0 Å². The number of carbonyl (C=O) groups is 1. The first-order chi connectivity index (χ1) is 13.5. The summed E-state index contributed by atoms with van der Waals surface area (Å²) in [5.41, 5.74) is 0.992. The smallest absolute Gasteiger partial charge is 0.243 e. The van der Waals surface area contributed by atoms with Crippen molar-refractivity contribution >= 4 is 23.5 Å². The number of likely N-dealkylation sites (N-methyl/N-ethyl adjacent to an activating group) is 1. The molecule has 0 spiro atoms. The van der Waals surface area contributed by atoms with Crippen molar-refractivity contribution in [2.24, 2.45) is 4.99 Å². The molecule has 2 rings (SSSR count). The SMILES string of the molecule is CC(NC(=NCC(=O)N(C)C)NCCCN1CCOCC1)c1ccccc1Cl. The molecule has 2 N–H and O–H groups in total. The molecule has 0 radical (unpaired) electrons. The van der Waals surface area contributed by atoms with E-state index in [1.807, 2.05) is 31.2 Å². The number of amides is 1. The second-order valence-electron chi connectivity index (χ2n) is 7.07. The van der Waals surface area contributed by atoms with Crippen LogP contribution >= 0.6 is 11.6 Å². The Balaban J connectivity index is 1.91. The van der Waals surface area contributed by atoms with Crippen molar-refractivity contribution in [3.63, 3.8) is 0 Å². The number of halogens is 1. The van der Waals surface area contributed by atoms with Crippen molar-refractivity contribution in [2.75, 3.05) is 60.0 Å². The van der Waals surface area contributed by atoms with E-state index >= 15 is 0 Å². The summed E-state index contributed by atoms with van der Waals surface area (Å²) in [5, 5.41) is 7.40. The van der Waals surface area contributed by atoms with Crippen LogP contribution in [0, 0.1) is 0 Å². The predicted octanol–water partition coefficient (Wildman–Crippen LogP) is 1.75. The molecular formula is C20H32ClN5O2. The molecule has 0 aromatic heterocycles. The van der Waals surface area contributed by atoms with Crippen molar-refractivity contribution in [2.45, 2.75) is 19.4 Å². The molecule has 0 saturated carbocycles. The number of morpholine rings is 1. The third kappa shape index (κ3) is 7.66. The number of nitrogens with one attached hydrogen (secondary N) is 2. The first kappa shape index (κ1) is 22.5. The number of guanidine groups is 1. The molecule has 1 aliphatic rings. The molecule has 1 unspecified atom stereocenters. The highest BCUT2D eigenvalue weighted by Crippen LogP contribution is 2.21. The number of rotatable bonds is 8. The van der Waals surface area contributed by atoms with Crippen LogP contribution < -0.4 is 10.6 Å². The summed E-state index contributed by atoms with van der Waals surface area (Å²) in [4.78, 5) is 20.3. The van der Waals surface area contributed by atoms with Crippen LogP contribution in [0.1, 0.15) is 24.9 Å². The minimum Gasteiger partial charge on any atom is -0.379 e. The van der Waals surface area contributed by atoms with E-state index in [0.29, 0.717) is 11.0 Å². The van der Waals surface area contributed by atoms with Gasteiger partial charge in [-0.1, -0.05) is 29.8 Å². The Hall–Kier alpha value is -1.83. The maximum absolute atomic E-state index is 11.9. The van der Waals surface area contributed by atoms with Crippen LogP contribution in [-0.2, 0) is 9.53 Å². The Morgan fingerprint density at radius 1 is 1.32 bits per heavy atom. The third-order valence-corrected chi connectivity index (χ3v) is 4.99. The zero-order valence-corrected chi connectivity index (χ0v) is 17.8. The monoisotopic (exact) mass is 409 g/mol. The van der Waals surface area contributed by atoms with E-state index in [1.54, 1.807) is 14.1 Å². The van der Waals surface area contributed by atoms with Crippen LogP contribution in [0.25, 0.3) is 0 Å². The Morgan fingerprint density at radius 2 is 2.04 bits per heavy atom. The summed E-state index contributed by atoms with van der Waals surface area (Å²) < 4.78 is 5.38. The van der Waals surface area contributed by atoms with Gasteiger partial charge in [-0.25, -0.2) is 4.99 Å². The number of benzene rings is 1. The molecule has 28 heavy (non-hydrogen) atoms. The molecule has 0 bridgehead atoms. The van der Waals surface area contributed by atoms with Crippen LogP contribution in [0.15, 0.2) is 29.3 Å². The van der Waals surface area contributed by atoms with Crippen LogP contribution in [-0.4, -0.2) is 81.7 Å². The number of carbonyl (C=O) groups excluding carboxylic acids is 1. The fraction of sp³-hybridized carbons (Fsp3) is 0.600. The molecular weight excluding hydrogens is 378 g/mol. The molecule has 1 saturated heterocycles. The van der Waals surface area contributed by atoms with E-state index in [4.69, 9.17) is 16.3 Å². The number of ether oxygens (including phenoxy) is 1. The second kappa shape index (κ2) is 11.9. The van der Waals surface area contributed by atoms with Gasteiger partial charge in [0.25, 0.3) is 0 Å². The summed E-state index contributed by atoms with van der Waals surface area (Å²) in [7, 11) is 3.46. The summed E-state index contributed by atoms with van der Waals surface area (Å²) >= 11 is 6.31. The molecule has 1 heterocycles. The molecule has 1 aromatic carbocycles. The zero-order valence-electron chi connectivity index (χ0n) is 17.1. The van der Waals surface area contributed by atoms with Crippen molar-refractivity contribution in [1.29, 1.82) is 0 Å². The van der Waals surface area contributed by atoms with Gasteiger partial charge >= 0.3 is 0 Å². The molecule has 1 aliphatic heterocycles. The van der Waals surface area contributed by atoms with Gasteiger partial charge in [0.1, 0.15) is 6.54 Å². The molecule has 0 aliphatic carbocycles. The fourth-order valence-corrected chi connectivity index (χ4v) is 3.18. The summed E-state index contributed by atoms with van der Waals surface area (Å²) in [6.45, 7) is 7.50. The second-order valence-corrected chi connectivity index (χ2v) is 7.48. The first-order valence-electron chi connectivity index (χ1n) is 9.77. The average molecular weight is 410 g/mol. The number of nitrogens with zero attached hydrogens (tertiary/aromatic N) is 3. The molecule has 7 nitrogen and oxygen atoms in total. The predicted molar refractivity (Wildman–Crippen MR) is 114 cm³/mol. The highest BCUT2D eigenvalue weighted by molar-refractivity contribution is 6.31. The number of hydrogen-bond donors (Lipinski definition) is 2. The minimum absolute atomic E-state index is 0.0337. The first-order valence-corrected chi connectivity index (χ1v) is 10.1. The van der Waals surface area contributed by atoms with Crippen molar-refractivity contribution in [3.05, 3.63) is 34.9 Å². The molecule has 1 atom stereocenters. The van der Waals surface area contributed by atoms with Gasteiger partial charge in [0.05, 0.1) is 19.3 Å². The quantitative estimate of drug-likeness (QED) is 0.389. The van der Waals surface area contributed by atoms with Crippen LogP contribution in [0.5, 0.6) is 0 Å². The van der Waals surface area contributed by atoms with Gasteiger partial charge < -0.3 is 20.3 Å². The lowest BCUT2D eigenvalue weighted by molar-refractivity contribution is -0.127. The van der Waals surface area contributed by atoms with Crippen molar-refractivity contribution in [3.8, 4) is 0 Å². The lowest BCUT2D eigenvalue weighted by Gasteiger charge is -2.26. The van der Waals surface area contributed by atoms with Crippen LogP contribution in [0.4, 0.5) is 0 Å². The highest BCUT2D eigenvalue weighted by atomic mass is 35.5. The third-order valence-electron chi connectivity index (χ3n) is 4.64. The van der Waals surface area contributed by atoms with Gasteiger partial charge in [-0.3, -0.25) is 9.69 Å². The van der Waals surface area contributed by atoms with E-state index < -0.39 is 0 Å². The van der Waals surface area contributed by atoms with Crippen LogP contribution in [0.3, 0.4) is 0 Å². The largest absolute Gasteiger partial charge is 0.379 e.